The second-order valence-electron chi connectivity index (χ2n) is 3.86. The number of ether oxygens (including phenoxy) is 1. The third kappa shape index (κ3) is 2.90. The molecule has 0 amide bonds. The first kappa shape index (κ1) is 12.6. The maximum atomic E-state index is 6.03. The molecule has 2 aromatic rings. The normalized spacial score (nSPS) is 10.3. The van der Waals surface area contributed by atoms with Gasteiger partial charge in [0, 0.05) is 11.8 Å². The summed E-state index contributed by atoms with van der Waals surface area (Å²) in [6, 6.07) is 7.02. The average molecular weight is 264 g/mol. The molecule has 94 valence electrons. The van der Waals surface area contributed by atoms with Gasteiger partial charge in [-0.2, -0.15) is 0 Å². The number of halogens is 1. The summed E-state index contributed by atoms with van der Waals surface area (Å²) >= 11 is 6.03. The Balaban J connectivity index is 2.26. The molecule has 1 aromatic heterocycles. The van der Waals surface area contributed by atoms with E-state index in [1.807, 2.05) is 0 Å². The number of hydrogen-bond donors (Lipinski definition) is 1. The number of benzene rings is 1. The van der Waals surface area contributed by atoms with Gasteiger partial charge in [-0.3, -0.25) is 0 Å². The maximum absolute atomic E-state index is 6.03. The van der Waals surface area contributed by atoms with Gasteiger partial charge in [-0.1, -0.05) is 31.0 Å². The van der Waals surface area contributed by atoms with Crippen molar-refractivity contribution in [2.75, 3.05) is 5.73 Å². The van der Waals surface area contributed by atoms with Crippen LogP contribution >= 0.6 is 11.6 Å². The van der Waals surface area contributed by atoms with Crippen molar-refractivity contribution in [3.8, 4) is 11.6 Å². The molecule has 0 atom stereocenters. The molecule has 4 nitrogen and oxygen atoms in total. The van der Waals surface area contributed by atoms with Crippen LogP contribution < -0.4 is 10.5 Å². The van der Waals surface area contributed by atoms with Crippen LogP contribution in [0, 0.1) is 0 Å². The number of para-hydroxylation sites is 1. The largest absolute Gasteiger partial charge is 0.435 e. The van der Waals surface area contributed by atoms with E-state index in [2.05, 4.69) is 16.9 Å². The minimum Gasteiger partial charge on any atom is -0.435 e. The smallest absolute Gasteiger partial charge is 0.222 e. The molecule has 1 aromatic carbocycles. The summed E-state index contributed by atoms with van der Waals surface area (Å²) in [4.78, 5) is 8.21. The van der Waals surface area contributed by atoms with E-state index in [0.717, 1.165) is 18.5 Å². The third-order valence-electron chi connectivity index (χ3n) is 2.41. The Morgan fingerprint density at radius 1 is 1.33 bits per heavy atom. The number of hydrogen-bond acceptors (Lipinski definition) is 4. The first-order chi connectivity index (χ1) is 8.70. The van der Waals surface area contributed by atoms with Gasteiger partial charge in [0.05, 0.1) is 10.7 Å². The molecule has 5 heteroatoms. The topological polar surface area (TPSA) is 61.0 Å². The first-order valence-corrected chi connectivity index (χ1v) is 6.11. The van der Waals surface area contributed by atoms with Crippen molar-refractivity contribution in [1.82, 2.24) is 9.97 Å². The molecule has 2 rings (SSSR count). The Bertz CT molecular complexity index is 525. The maximum Gasteiger partial charge on any atom is 0.222 e. The highest BCUT2D eigenvalue weighted by molar-refractivity contribution is 6.32. The predicted octanol–water partition coefficient (Wildman–Crippen LogP) is 3.46. The lowest BCUT2D eigenvalue weighted by Gasteiger charge is -2.09. The van der Waals surface area contributed by atoms with E-state index >= 15 is 0 Å². The molecule has 0 aliphatic heterocycles. The molecule has 0 aliphatic carbocycles. The van der Waals surface area contributed by atoms with Crippen LogP contribution in [-0.4, -0.2) is 9.97 Å². The summed E-state index contributed by atoms with van der Waals surface area (Å²) in [7, 11) is 0. The van der Waals surface area contributed by atoms with Crippen LogP contribution in [-0.2, 0) is 6.42 Å². The molecule has 0 aliphatic rings. The Morgan fingerprint density at radius 2 is 2.17 bits per heavy atom. The lowest BCUT2D eigenvalue weighted by molar-refractivity contribution is 0.462. The van der Waals surface area contributed by atoms with Gasteiger partial charge in [0.15, 0.2) is 5.75 Å². The van der Waals surface area contributed by atoms with E-state index < -0.39 is 0 Å². The number of anilines is 1. The summed E-state index contributed by atoms with van der Waals surface area (Å²) in [5.41, 5.74) is 7.24. The molecule has 0 fully saturated rings. The highest BCUT2D eigenvalue weighted by Crippen LogP contribution is 2.33. The highest BCUT2D eigenvalue weighted by Gasteiger charge is 2.08. The van der Waals surface area contributed by atoms with Crippen molar-refractivity contribution in [2.24, 2.45) is 0 Å². The lowest BCUT2D eigenvalue weighted by atomic mass is 10.2. The van der Waals surface area contributed by atoms with Gasteiger partial charge in [-0.15, -0.1) is 0 Å². The van der Waals surface area contributed by atoms with E-state index in [4.69, 9.17) is 22.1 Å². The molecule has 0 bridgehead atoms. The summed E-state index contributed by atoms with van der Waals surface area (Å²) < 4.78 is 5.62. The Morgan fingerprint density at radius 3 is 2.89 bits per heavy atom. The van der Waals surface area contributed by atoms with Gasteiger partial charge in [0.1, 0.15) is 6.33 Å². The summed E-state index contributed by atoms with van der Waals surface area (Å²) in [6.07, 6.45) is 3.38. The van der Waals surface area contributed by atoms with Crippen molar-refractivity contribution in [3.05, 3.63) is 41.3 Å². The molecule has 0 unspecified atom stereocenters. The Hall–Kier alpha value is -1.81. The van der Waals surface area contributed by atoms with Gasteiger partial charge < -0.3 is 10.5 Å². The molecule has 0 spiro atoms. The molecule has 0 radical (unpaired) electrons. The fourth-order valence-corrected chi connectivity index (χ4v) is 1.78. The van der Waals surface area contributed by atoms with Crippen molar-refractivity contribution in [1.29, 1.82) is 0 Å². The minimum atomic E-state index is 0.431. The van der Waals surface area contributed by atoms with Crippen LogP contribution in [0.5, 0.6) is 11.6 Å². The van der Waals surface area contributed by atoms with E-state index in [1.54, 1.807) is 24.3 Å². The zero-order valence-corrected chi connectivity index (χ0v) is 10.8. The number of nitrogens with two attached hydrogens (primary N) is 1. The van der Waals surface area contributed by atoms with Crippen molar-refractivity contribution in [2.45, 2.75) is 19.8 Å². The second kappa shape index (κ2) is 5.69. The predicted molar refractivity (Wildman–Crippen MR) is 72.0 cm³/mol. The fourth-order valence-electron chi connectivity index (χ4n) is 1.56. The molecule has 0 saturated carbocycles. The number of nitrogens with zero attached hydrogens (tertiary/aromatic N) is 2. The summed E-state index contributed by atoms with van der Waals surface area (Å²) in [6.45, 7) is 2.09. The Labute approximate surface area is 111 Å². The van der Waals surface area contributed by atoms with E-state index in [1.165, 1.54) is 6.33 Å². The number of aromatic nitrogens is 2. The van der Waals surface area contributed by atoms with Gasteiger partial charge >= 0.3 is 0 Å². The van der Waals surface area contributed by atoms with E-state index in [9.17, 15) is 0 Å². The average Bonchev–Trinajstić information content (AvgIpc) is 2.35. The lowest BCUT2D eigenvalue weighted by Crippen LogP contribution is -1.97. The molecular weight excluding hydrogens is 250 g/mol. The van der Waals surface area contributed by atoms with Crippen molar-refractivity contribution >= 4 is 17.3 Å². The molecule has 1 heterocycles. The molecule has 18 heavy (non-hydrogen) atoms. The van der Waals surface area contributed by atoms with E-state index in [0.29, 0.717) is 22.3 Å². The van der Waals surface area contributed by atoms with Gasteiger partial charge in [-0.25, -0.2) is 9.97 Å². The third-order valence-corrected chi connectivity index (χ3v) is 2.71. The van der Waals surface area contributed by atoms with Crippen LogP contribution in [0.2, 0.25) is 5.02 Å². The van der Waals surface area contributed by atoms with Crippen molar-refractivity contribution < 1.29 is 4.74 Å². The van der Waals surface area contributed by atoms with Crippen LogP contribution in [0.25, 0.3) is 0 Å². The van der Waals surface area contributed by atoms with Gasteiger partial charge in [0.25, 0.3) is 0 Å². The first-order valence-electron chi connectivity index (χ1n) is 5.73. The molecular formula is C13H14ClN3O. The zero-order chi connectivity index (χ0) is 13.0. The zero-order valence-electron chi connectivity index (χ0n) is 10.1. The van der Waals surface area contributed by atoms with Gasteiger partial charge in [0.2, 0.25) is 5.88 Å². The number of rotatable bonds is 4. The minimum absolute atomic E-state index is 0.431. The Kier molecular flexibility index (Phi) is 3.99. The van der Waals surface area contributed by atoms with Crippen molar-refractivity contribution in [3.63, 3.8) is 0 Å². The summed E-state index contributed by atoms with van der Waals surface area (Å²) in [5, 5.41) is 0.464. The SMILES string of the molecule is CCCc1cc(Oc2c(N)cccc2Cl)ncn1. The molecule has 0 saturated heterocycles. The second-order valence-corrected chi connectivity index (χ2v) is 4.27. The fraction of sp³-hybridized carbons (Fsp3) is 0.231. The highest BCUT2D eigenvalue weighted by atomic mass is 35.5. The monoisotopic (exact) mass is 263 g/mol. The standard InChI is InChI=1S/C13H14ClN3O/c1-2-4-9-7-12(17-8-16-9)18-13-10(14)5-3-6-11(13)15/h3,5-8H,2,4,15H2,1H3. The van der Waals surface area contributed by atoms with Gasteiger partial charge in [-0.05, 0) is 18.6 Å². The summed E-state index contributed by atoms with van der Waals surface area (Å²) in [5.74, 6) is 0.883. The van der Waals surface area contributed by atoms with Crippen LogP contribution in [0.1, 0.15) is 19.0 Å². The van der Waals surface area contributed by atoms with E-state index in [-0.39, 0.29) is 0 Å². The quantitative estimate of drug-likeness (QED) is 0.858. The van der Waals surface area contributed by atoms with Crippen LogP contribution in [0.3, 0.4) is 0 Å². The number of nitrogen functional groups attached to an aromatic ring is 1. The van der Waals surface area contributed by atoms with Crippen LogP contribution in [0.4, 0.5) is 5.69 Å². The molecule has 2 N–H and O–H groups in total. The van der Waals surface area contributed by atoms with Crippen LogP contribution in [0.15, 0.2) is 30.6 Å². The number of aryl methyl sites for hydroxylation is 1.